The molecule has 0 spiro atoms. The van der Waals surface area contributed by atoms with Crippen LogP contribution in [0.1, 0.15) is 11.1 Å². The fraction of sp³-hybridized carbons (Fsp3) is 0.214. The molecule has 1 aromatic carbocycles. The van der Waals surface area contributed by atoms with Gasteiger partial charge >= 0.3 is 0 Å². The SMILES string of the molecule is Cc1cc(N)cnc1NCc1ccc(S(C)(=O)=O)cc1. The highest BCUT2D eigenvalue weighted by Gasteiger charge is 2.06. The zero-order chi connectivity index (χ0) is 14.8. The number of nitrogens with zero attached hydrogens (tertiary/aromatic N) is 1. The van der Waals surface area contributed by atoms with E-state index in [9.17, 15) is 8.42 Å². The maximum Gasteiger partial charge on any atom is 0.175 e. The van der Waals surface area contributed by atoms with Gasteiger partial charge in [0.25, 0.3) is 0 Å². The topological polar surface area (TPSA) is 85.1 Å². The minimum absolute atomic E-state index is 0.322. The molecule has 0 aliphatic heterocycles. The Morgan fingerprint density at radius 2 is 1.90 bits per heavy atom. The van der Waals surface area contributed by atoms with Crippen LogP contribution in [-0.2, 0) is 16.4 Å². The van der Waals surface area contributed by atoms with Crippen LogP contribution in [0.3, 0.4) is 0 Å². The van der Waals surface area contributed by atoms with Crippen molar-refractivity contribution in [3.05, 3.63) is 47.7 Å². The molecular formula is C14H17N3O2S. The fourth-order valence-electron chi connectivity index (χ4n) is 1.82. The van der Waals surface area contributed by atoms with Crippen LogP contribution in [0, 0.1) is 6.92 Å². The van der Waals surface area contributed by atoms with Gasteiger partial charge in [0.15, 0.2) is 9.84 Å². The Morgan fingerprint density at radius 3 is 2.45 bits per heavy atom. The van der Waals surface area contributed by atoms with Crippen LogP contribution in [0.25, 0.3) is 0 Å². The zero-order valence-corrected chi connectivity index (χ0v) is 12.2. The molecule has 0 fully saturated rings. The fourth-order valence-corrected chi connectivity index (χ4v) is 2.45. The van der Waals surface area contributed by atoms with E-state index in [-0.39, 0.29) is 0 Å². The van der Waals surface area contributed by atoms with E-state index in [0.717, 1.165) is 16.9 Å². The second-order valence-electron chi connectivity index (χ2n) is 4.70. The predicted molar refractivity (Wildman–Crippen MR) is 80.3 cm³/mol. The number of pyridine rings is 1. The minimum Gasteiger partial charge on any atom is -0.397 e. The first-order valence-corrected chi connectivity index (χ1v) is 8.00. The average molecular weight is 291 g/mol. The third-order valence-electron chi connectivity index (χ3n) is 2.91. The molecule has 0 atom stereocenters. The van der Waals surface area contributed by atoms with E-state index >= 15 is 0 Å². The summed E-state index contributed by atoms with van der Waals surface area (Å²) in [7, 11) is -3.14. The van der Waals surface area contributed by atoms with E-state index < -0.39 is 9.84 Å². The second kappa shape index (κ2) is 5.50. The number of hydrogen-bond donors (Lipinski definition) is 2. The lowest BCUT2D eigenvalue weighted by Gasteiger charge is -2.09. The summed E-state index contributed by atoms with van der Waals surface area (Å²) >= 11 is 0. The molecule has 106 valence electrons. The summed E-state index contributed by atoms with van der Waals surface area (Å²) in [6.07, 6.45) is 2.80. The summed E-state index contributed by atoms with van der Waals surface area (Å²) in [5.41, 5.74) is 8.23. The number of rotatable bonds is 4. The van der Waals surface area contributed by atoms with E-state index in [4.69, 9.17) is 5.73 Å². The maximum absolute atomic E-state index is 11.4. The molecular weight excluding hydrogens is 274 g/mol. The van der Waals surface area contributed by atoms with Gasteiger partial charge in [-0.2, -0.15) is 0 Å². The number of nitrogens with two attached hydrogens (primary N) is 1. The number of anilines is 2. The Kier molecular flexibility index (Phi) is 3.94. The third-order valence-corrected chi connectivity index (χ3v) is 4.04. The summed E-state index contributed by atoms with van der Waals surface area (Å²) in [5.74, 6) is 0.770. The minimum atomic E-state index is -3.14. The normalized spacial score (nSPS) is 11.3. The van der Waals surface area contributed by atoms with Crippen LogP contribution >= 0.6 is 0 Å². The average Bonchev–Trinajstić information content (AvgIpc) is 2.37. The molecule has 0 aliphatic carbocycles. The van der Waals surface area contributed by atoms with E-state index in [0.29, 0.717) is 17.1 Å². The molecule has 0 aliphatic rings. The van der Waals surface area contributed by atoms with Gasteiger partial charge in [-0.05, 0) is 36.2 Å². The van der Waals surface area contributed by atoms with Crippen molar-refractivity contribution in [1.82, 2.24) is 4.98 Å². The van der Waals surface area contributed by atoms with Crippen LogP contribution in [-0.4, -0.2) is 19.7 Å². The van der Waals surface area contributed by atoms with Gasteiger partial charge in [0.2, 0.25) is 0 Å². The highest BCUT2D eigenvalue weighted by atomic mass is 32.2. The zero-order valence-electron chi connectivity index (χ0n) is 11.4. The van der Waals surface area contributed by atoms with Crippen LogP contribution in [0.5, 0.6) is 0 Å². The Balaban J connectivity index is 2.08. The summed E-state index contributed by atoms with van der Waals surface area (Å²) in [4.78, 5) is 4.54. The molecule has 1 heterocycles. The van der Waals surface area contributed by atoms with Crippen LogP contribution in [0.2, 0.25) is 0 Å². The van der Waals surface area contributed by atoms with E-state index in [1.807, 2.05) is 13.0 Å². The third kappa shape index (κ3) is 3.48. The van der Waals surface area contributed by atoms with Crippen molar-refractivity contribution in [2.75, 3.05) is 17.3 Å². The Labute approximate surface area is 118 Å². The lowest BCUT2D eigenvalue weighted by Crippen LogP contribution is -2.04. The van der Waals surface area contributed by atoms with Gasteiger partial charge in [0.1, 0.15) is 5.82 Å². The van der Waals surface area contributed by atoms with Gasteiger partial charge in [-0.15, -0.1) is 0 Å². The number of benzene rings is 1. The van der Waals surface area contributed by atoms with E-state index in [1.165, 1.54) is 6.26 Å². The number of sulfone groups is 1. The van der Waals surface area contributed by atoms with Crippen LogP contribution in [0.15, 0.2) is 41.4 Å². The lowest BCUT2D eigenvalue weighted by molar-refractivity contribution is 0.602. The van der Waals surface area contributed by atoms with Crippen molar-refractivity contribution < 1.29 is 8.42 Å². The molecule has 5 nitrogen and oxygen atoms in total. The molecule has 0 amide bonds. The van der Waals surface area contributed by atoms with Crippen molar-refractivity contribution in [2.45, 2.75) is 18.4 Å². The first-order chi connectivity index (χ1) is 9.36. The first kappa shape index (κ1) is 14.3. The quantitative estimate of drug-likeness (QED) is 0.899. The van der Waals surface area contributed by atoms with Crippen LogP contribution in [0.4, 0.5) is 11.5 Å². The molecule has 0 saturated heterocycles. The Hall–Kier alpha value is -2.08. The summed E-state index contributed by atoms with van der Waals surface area (Å²) in [6, 6.07) is 8.64. The summed E-state index contributed by atoms with van der Waals surface area (Å²) in [6.45, 7) is 2.50. The monoisotopic (exact) mass is 291 g/mol. The summed E-state index contributed by atoms with van der Waals surface area (Å²) < 4.78 is 22.7. The summed E-state index contributed by atoms with van der Waals surface area (Å²) in [5, 5.41) is 3.20. The highest BCUT2D eigenvalue weighted by molar-refractivity contribution is 7.90. The van der Waals surface area contributed by atoms with Gasteiger partial charge in [0, 0.05) is 12.8 Å². The predicted octanol–water partition coefficient (Wildman–Crippen LogP) is 1.99. The number of nitrogens with one attached hydrogen (secondary N) is 1. The molecule has 20 heavy (non-hydrogen) atoms. The van der Waals surface area contributed by atoms with Crippen molar-refractivity contribution >= 4 is 21.3 Å². The Morgan fingerprint density at radius 1 is 1.25 bits per heavy atom. The number of nitrogen functional groups attached to an aromatic ring is 1. The first-order valence-electron chi connectivity index (χ1n) is 6.11. The van der Waals surface area contributed by atoms with Crippen molar-refractivity contribution in [3.63, 3.8) is 0 Å². The molecule has 2 aromatic rings. The molecule has 3 N–H and O–H groups in total. The molecule has 2 rings (SSSR count). The van der Waals surface area contributed by atoms with Crippen molar-refractivity contribution in [3.8, 4) is 0 Å². The van der Waals surface area contributed by atoms with Gasteiger partial charge in [-0.1, -0.05) is 12.1 Å². The molecule has 0 unspecified atom stereocenters. The second-order valence-corrected chi connectivity index (χ2v) is 6.72. The number of aryl methyl sites for hydroxylation is 1. The lowest BCUT2D eigenvalue weighted by atomic mass is 10.2. The van der Waals surface area contributed by atoms with Gasteiger partial charge in [-0.25, -0.2) is 13.4 Å². The number of hydrogen-bond acceptors (Lipinski definition) is 5. The largest absolute Gasteiger partial charge is 0.397 e. The van der Waals surface area contributed by atoms with Crippen molar-refractivity contribution in [1.29, 1.82) is 0 Å². The number of aromatic nitrogens is 1. The molecule has 0 bridgehead atoms. The van der Waals surface area contributed by atoms with Crippen LogP contribution < -0.4 is 11.1 Å². The van der Waals surface area contributed by atoms with E-state index in [2.05, 4.69) is 10.3 Å². The van der Waals surface area contributed by atoms with Gasteiger partial charge in [-0.3, -0.25) is 0 Å². The maximum atomic E-state index is 11.4. The molecule has 0 saturated carbocycles. The van der Waals surface area contributed by atoms with Crippen molar-refractivity contribution in [2.24, 2.45) is 0 Å². The standard InChI is InChI=1S/C14H17N3O2S/c1-10-7-12(15)9-17-14(10)16-8-11-3-5-13(6-4-11)20(2,18)19/h3-7,9H,8,15H2,1-2H3,(H,16,17). The molecule has 6 heteroatoms. The molecule has 0 radical (unpaired) electrons. The smallest absolute Gasteiger partial charge is 0.175 e. The highest BCUT2D eigenvalue weighted by Crippen LogP contribution is 2.16. The molecule has 1 aromatic heterocycles. The van der Waals surface area contributed by atoms with Gasteiger partial charge < -0.3 is 11.1 Å². The van der Waals surface area contributed by atoms with E-state index in [1.54, 1.807) is 30.5 Å². The van der Waals surface area contributed by atoms with Gasteiger partial charge in [0.05, 0.1) is 16.8 Å². The Bertz CT molecular complexity index is 710.